The van der Waals surface area contributed by atoms with Gasteiger partial charge in [0.15, 0.2) is 5.13 Å². The average molecular weight is 407 g/mol. The standard InChI is InChI=1S/C23H22N2O3S/c1-14-4-6-18(7-5-14)24-23-25-19(13-29-23)12-28-22(26)10-17-11-27-21-9-16(3)15(2)8-20(17)21/h4-9,11,13H,10,12H2,1-3H3,(H,24,25). The Morgan fingerprint density at radius 1 is 1.14 bits per heavy atom. The third-order valence-electron chi connectivity index (χ3n) is 4.84. The lowest BCUT2D eigenvalue weighted by atomic mass is 10.0. The minimum Gasteiger partial charge on any atom is -0.464 e. The summed E-state index contributed by atoms with van der Waals surface area (Å²) in [6.07, 6.45) is 1.81. The molecule has 1 N–H and O–H groups in total. The summed E-state index contributed by atoms with van der Waals surface area (Å²) < 4.78 is 11.0. The number of esters is 1. The molecule has 0 saturated carbocycles. The second-order valence-corrected chi connectivity index (χ2v) is 8.02. The minimum absolute atomic E-state index is 0.152. The van der Waals surface area contributed by atoms with Crippen LogP contribution in [0.15, 0.2) is 52.5 Å². The van der Waals surface area contributed by atoms with Crippen LogP contribution in [-0.4, -0.2) is 11.0 Å². The maximum atomic E-state index is 12.3. The summed E-state index contributed by atoms with van der Waals surface area (Å²) >= 11 is 1.48. The molecule has 148 valence electrons. The molecule has 0 aliphatic rings. The van der Waals surface area contributed by atoms with Crippen molar-refractivity contribution in [2.45, 2.75) is 33.8 Å². The number of fused-ring (bicyclic) bond motifs is 1. The third-order valence-corrected chi connectivity index (χ3v) is 5.65. The number of furan rings is 1. The van der Waals surface area contributed by atoms with Gasteiger partial charge in [0.05, 0.1) is 18.4 Å². The molecule has 0 fully saturated rings. The number of carbonyl (C=O) groups excluding carboxylic acids is 1. The van der Waals surface area contributed by atoms with E-state index in [0.717, 1.165) is 33.0 Å². The molecule has 4 aromatic rings. The van der Waals surface area contributed by atoms with Crippen LogP contribution in [0.1, 0.15) is 27.9 Å². The zero-order chi connectivity index (χ0) is 20.4. The minimum atomic E-state index is -0.299. The average Bonchev–Trinajstić information content (AvgIpc) is 3.30. The van der Waals surface area contributed by atoms with Gasteiger partial charge >= 0.3 is 5.97 Å². The number of nitrogens with one attached hydrogen (secondary N) is 1. The number of hydrogen-bond donors (Lipinski definition) is 1. The molecule has 0 spiro atoms. The fourth-order valence-electron chi connectivity index (χ4n) is 3.03. The van der Waals surface area contributed by atoms with Crippen molar-refractivity contribution in [3.05, 3.63) is 76.0 Å². The number of carbonyl (C=O) groups is 1. The molecule has 0 radical (unpaired) electrons. The Balaban J connectivity index is 1.35. The summed E-state index contributed by atoms with van der Waals surface area (Å²) in [5.41, 5.74) is 6.88. The molecular formula is C23H22N2O3S. The molecule has 5 nitrogen and oxygen atoms in total. The normalized spacial score (nSPS) is 11.0. The first kappa shape index (κ1) is 19.2. The second-order valence-electron chi connectivity index (χ2n) is 7.17. The van der Waals surface area contributed by atoms with Gasteiger partial charge in [-0.05, 0) is 56.2 Å². The zero-order valence-electron chi connectivity index (χ0n) is 16.6. The summed E-state index contributed by atoms with van der Waals surface area (Å²) in [5, 5.41) is 6.88. The summed E-state index contributed by atoms with van der Waals surface area (Å²) in [6, 6.07) is 12.2. The van der Waals surface area contributed by atoms with Gasteiger partial charge in [-0.25, -0.2) is 4.98 Å². The fourth-order valence-corrected chi connectivity index (χ4v) is 3.74. The van der Waals surface area contributed by atoms with E-state index >= 15 is 0 Å². The fraction of sp³-hybridized carbons (Fsp3) is 0.217. The highest BCUT2D eigenvalue weighted by molar-refractivity contribution is 7.13. The molecule has 0 amide bonds. The van der Waals surface area contributed by atoms with Gasteiger partial charge in [0.25, 0.3) is 0 Å². The topological polar surface area (TPSA) is 64.4 Å². The molecule has 29 heavy (non-hydrogen) atoms. The number of nitrogens with zero attached hydrogens (tertiary/aromatic N) is 1. The van der Waals surface area contributed by atoms with Gasteiger partial charge < -0.3 is 14.5 Å². The van der Waals surface area contributed by atoms with E-state index in [1.807, 2.05) is 56.5 Å². The Morgan fingerprint density at radius 3 is 2.69 bits per heavy atom. The van der Waals surface area contributed by atoms with Crippen LogP contribution in [0, 0.1) is 20.8 Å². The van der Waals surface area contributed by atoms with Crippen molar-refractivity contribution in [2.75, 3.05) is 5.32 Å². The summed E-state index contributed by atoms with van der Waals surface area (Å²) in [6.45, 7) is 6.29. The van der Waals surface area contributed by atoms with Gasteiger partial charge in [-0.1, -0.05) is 17.7 Å². The van der Waals surface area contributed by atoms with E-state index < -0.39 is 0 Å². The molecule has 0 saturated heterocycles. The predicted octanol–water partition coefficient (Wildman–Crippen LogP) is 5.84. The van der Waals surface area contributed by atoms with E-state index in [4.69, 9.17) is 9.15 Å². The highest BCUT2D eigenvalue weighted by Gasteiger charge is 2.13. The van der Waals surface area contributed by atoms with E-state index in [1.165, 1.54) is 28.0 Å². The van der Waals surface area contributed by atoms with Gasteiger partial charge in [-0.15, -0.1) is 11.3 Å². The lowest BCUT2D eigenvalue weighted by Gasteiger charge is -2.04. The van der Waals surface area contributed by atoms with Gasteiger partial charge in [0, 0.05) is 22.0 Å². The van der Waals surface area contributed by atoms with Crippen LogP contribution >= 0.6 is 11.3 Å². The smallest absolute Gasteiger partial charge is 0.310 e. The lowest BCUT2D eigenvalue weighted by Crippen LogP contribution is -2.08. The van der Waals surface area contributed by atoms with Crippen LogP contribution in [-0.2, 0) is 22.6 Å². The van der Waals surface area contributed by atoms with Crippen molar-refractivity contribution in [2.24, 2.45) is 0 Å². The van der Waals surface area contributed by atoms with Crippen molar-refractivity contribution in [1.29, 1.82) is 0 Å². The van der Waals surface area contributed by atoms with E-state index in [1.54, 1.807) is 6.26 Å². The van der Waals surface area contributed by atoms with E-state index in [-0.39, 0.29) is 19.0 Å². The van der Waals surface area contributed by atoms with Gasteiger partial charge in [-0.2, -0.15) is 0 Å². The Kier molecular flexibility index (Phi) is 5.36. The van der Waals surface area contributed by atoms with Crippen LogP contribution in [0.3, 0.4) is 0 Å². The van der Waals surface area contributed by atoms with Crippen molar-refractivity contribution < 1.29 is 13.9 Å². The number of ether oxygens (including phenoxy) is 1. The number of benzene rings is 2. The summed E-state index contributed by atoms with van der Waals surface area (Å²) in [4.78, 5) is 16.8. The lowest BCUT2D eigenvalue weighted by molar-refractivity contribution is -0.144. The molecule has 6 heteroatoms. The van der Waals surface area contributed by atoms with Crippen molar-refractivity contribution in [3.8, 4) is 0 Å². The van der Waals surface area contributed by atoms with Gasteiger partial charge in [0.2, 0.25) is 0 Å². The highest BCUT2D eigenvalue weighted by Crippen LogP contribution is 2.26. The number of rotatable bonds is 6. The molecule has 0 aliphatic heterocycles. The van der Waals surface area contributed by atoms with E-state index in [9.17, 15) is 4.79 Å². The summed E-state index contributed by atoms with van der Waals surface area (Å²) in [5.74, 6) is -0.299. The van der Waals surface area contributed by atoms with Crippen molar-refractivity contribution >= 4 is 39.1 Å². The predicted molar refractivity (Wildman–Crippen MR) is 116 cm³/mol. The largest absolute Gasteiger partial charge is 0.464 e. The number of hydrogen-bond acceptors (Lipinski definition) is 6. The highest BCUT2D eigenvalue weighted by atomic mass is 32.1. The Morgan fingerprint density at radius 2 is 1.90 bits per heavy atom. The number of aryl methyl sites for hydroxylation is 3. The summed E-state index contributed by atoms with van der Waals surface area (Å²) in [7, 11) is 0. The van der Waals surface area contributed by atoms with Crippen molar-refractivity contribution in [3.63, 3.8) is 0 Å². The van der Waals surface area contributed by atoms with Crippen LogP contribution in [0.2, 0.25) is 0 Å². The maximum absolute atomic E-state index is 12.3. The molecule has 0 aliphatic carbocycles. The van der Waals surface area contributed by atoms with Crippen molar-refractivity contribution in [1.82, 2.24) is 4.98 Å². The zero-order valence-corrected chi connectivity index (χ0v) is 17.4. The van der Waals surface area contributed by atoms with E-state index in [0.29, 0.717) is 0 Å². The Hall–Kier alpha value is -3.12. The molecular weight excluding hydrogens is 384 g/mol. The maximum Gasteiger partial charge on any atom is 0.310 e. The SMILES string of the molecule is Cc1ccc(Nc2nc(COC(=O)Cc3coc4cc(C)c(C)cc34)cs2)cc1. The van der Waals surface area contributed by atoms with Gasteiger partial charge in [-0.3, -0.25) is 4.79 Å². The molecule has 2 aromatic carbocycles. The molecule has 2 aromatic heterocycles. The monoisotopic (exact) mass is 406 g/mol. The molecule has 4 rings (SSSR count). The first-order valence-corrected chi connectivity index (χ1v) is 10.3. The molecule has 0 atom stereocenters. The number of thiazole rings is 1. The van der Waals surface area contributed by atoms with E-state index in [2.05, 4.69) is 16.4 Å². The van der Waals surface area contributed by atoms with Crippen LogP contribution in [0.25, 0.3) is 11.0 Å². The van der Waals surface area contributed by atoms with Crippen LogP contribution in [0.5, 0.6) is 0 Å². The number of aromatic nitrogens is 1. The Labute approximate surface area is 173 Å². The first-order chi connectivity index (χ1) is 14.0. The first-order valence-electron chi connectivity index (χ1n) is 9.39. The van der Waals surface area contributed by atoms with Gasteiger partial charge in [0.1, 0.15) is 12.2 Å². The molecule has 0 bridgehead atoms. The molecule has 2 heterocycles. The third kappa shape index (κ3) is 4.49. The van der Waals surface area contributed by atoms with Crippen LogP contribution < -0.4 is 5.32 Å². The number of anilines is 2. The Bertz CT molecular complexity index is 1160. The quantitative estimate of drug-likeness (QED) is 0.407. The van der Waals surface area contributed by atoms with Crippen LogP contribution in [0.4, 0.5) is 10.8 Å². The molecule has 0 unspecified atom stereocenters. The second kappa shape index (κ2) is 8.09.